The second kappa shape index (κ2) is 6.89. The van der Waals surface area contributed by atoms with Crippen LogP contribution in [0.1, 0.15) is 11.1 Å². The van der Waals surface area contributed by atoms with Gasteiger partial charge in [-0.2, -0.15) is 0 Å². The molecule has 0 saturated carbocycles. The zero-order chi connectivity index (χ0) is 15.4. The fourth-order valence-corrected chi connectivity index (χ4v) is 2.51. The summed E-state index contributed by atoms with van der Waals surface area (Å²) in [6, 6.07) is 10.1. The van der Waals surface area contributed by atoms with Gasteiger partial charge in [0.2, 0.25) is 0 Å². The molecule has 4 nitrogen and oxygen atoms in total. The van der Waals surface area contributed by atoms with Crippen LogP contribution in [0, 0.1) is 0 Å². The molecule has 2 aromatic carbocycles. The predicted molar refractivity (Wildman–Crippen MR) is 84.8 cm³/mol. The molecular formula is C14H11Cl3N2O2. The molecule has 0 aromatic heterocycles. The SMILES string of the molecule is N/C(=N/O)c1c(Cl)cccc1OCc1c(Cl)cccc1Cl. The third-order valence-electron chi connectivity index (χ3n) is 2.77. The molecule has 21 heavy (non-hydrogen) atoms. The predicted octanol–water partition coefficient (Wildman–Crippen LogP) is 4.32. The first-order valence-corrected chi connectivity index (χ1v) is 7.00. The number of ether oxygens (including phenoxy) is 1. The number of rotatable bonds is 4. The molecule has 0 heterocycles. The van der Waals surface area contributed by atoms with Crippen molar-refractivity contribution in [2.45, 2.75) is 6.61 Å². The van der Waals surface area contributed by atoms with E-state index >= 15 is 0 Å². The molecule has 0 atom stereocenters. The Bertz CT molecular complexity index is 670. The number of amidine groups is 1. The lowest BCUT2D eigenvalue weighted by molar-refractivity contribution is 0.303. The fourth-order valence-electron chi connectivity index (χ4n) is 1.74. The van der Waals surface area contributed by atoms with Gasteiger partial charge in [-0.1, -0.05) is 52.1 Å². The summed E-state index contributed by atoms with van der Waals surface area (Å²) < 4.78 is 5.66. The minimum Gasteiger partial charge on any atom is -0.488 e. The second-order valence-corrected chi connectivity index (χ2v) is 5.31. The summed E-state index contributed by atoms with van der Waals surface area (Å²) in [4.78, 5) is 0. The third kappa shape index (κ3) is 3.53. The van der Waals surface area contributed by atoms with Crippen LogP contribution in [-0.2, 0) is 6.61 Å². The Morgan fingerprint density at radius 3 is 2.24 bits per heavy atom. The smallest absolute Gasteiger partial charge is 0.175 e. The van der Waals surface area contributed by atoms with E-state index in [1.807, 2.05) is 0 Å². The summed E-state index contributed by atoms with van der Waals surface area (Å²) >= 11 is 18.2. The van der Waals surface area contributed by atoms with Crippen molar-refractivity contribution in [3.8, 4) is 5.75 Å². The van der Waals surface area contributed by atoms with Gasteiger partial charge in [0.05, 0.1) is 10.6 Å². The van der Waals surface area contributed by atoms with Gasteiger partial charge in [-0.25, -0.2) is 0 Å². The first-order chi connectivity index (χ1) is 10.0. The molecule has 0 aliphatic rings. The van der Waals surface area contributed by atoms with E-state index < -0.39 is 0 Å². The van der Waals surface area contributed by atoms with Gasteiger partial charge in [0.25, 0.3) is 0 Å². The monoisotopic (exact) mass is 344 g/mol. The first-order valence-electron chi connectivity index (χ1n) is 5.86. The van der Waals surface area contributed by atoms with E-state index in [2.05, 4.69) is 5.16 Å². The molecule has 0 aliphatic carbocycles. The maximum Gasteiger partial charge on any atom is 0.175 e. The van der Waals surface area contributed by atoms with Crippen LogP contribution in [0.15, 0.2) is 41.6 Å². The number of hydrogen-bond acceptors (Lipinski definition) is 3. The largest absolute Gasteiger partial charge is 0.488 e. The Morgan fingerprint density at radius 1 is 1.05 bits per heavy atom. The molecule has 2 aromatic rings. The topological polar surface area (TPSA) is 67.8 Å². The molecule has 0 fully saturated rings. The Labute approximate surface area is 136 Å². The summed E-state index contributed by atoms with van der Waals surface area (Å²) in [7, 11) is 0. The zero-order valence-corrected chi connectivity index (χ0v) is 13.0. The maximum absolute atomic E-state index is 8.82. The lowest BCUT2D eigenvalue weighted by Crippen LogP contribution is -2.15. The number of oxime groups is 1. The summed E-state index contributed by atoms with van der Waals surface area (Å²) in [5.74, 6) is 0.231. The van der Waals surface area contributed by atoms with Crippen LogP contribution in [0.5, 0.6) is 5.75 Å². The summed E-state index contributed by atoms with van der Waals surface area (Å²) in [5.41, 5.74) is 6.56. The van der Waals surface area contributed by atoms with Crippen LogP contribution in [0.4, 0.5) is 0 Å². The minimum absolute atomic E-state index is 0.130. The van der Waals surface area contributed by atoms with E-state index in [9.17, 15) is 0 Å². The van der Waals surface area contributed by atoms with Crippen molar-refractivity contribution in [3.63, 3.8) is 0 Å². The number of nitrogens with zero attached hydrogens (tertiary/aromatic N) is 1. The van der Waals surface area contributed by atoms with Crippen molar-refractivity contribution in [3.05, 3.63) is 62.6 Å². The molecule has 0 spiro atoms. The number of hydrogen-bond donors (Lipinski definition) is 2. The second-order valence-electron chi connectivity index (χ2n) is 4.09. The molecular weight excluding hydrogens is 335 g/mol. The average Bonchev–Trinajstić information content (AvgIpc) is 2.46. The molecule has 2 rings (SSSR count). The van der Waals surface area contributed by atoms with E-state index in [1.54, 1.807) is 36.4 Å². The molecule has 0 radical (unpaired) electrons. The van der Waals surface area contributed by atoms with Crippen molar-refractivity contribution >= 4 is 40.6 Å². The van der Waals surface area contributed by atoms with Crippen molar-refractivity contribution < 1.29 is 9.94 Å². The third-order valence-corrected chi connectivity index (χ3v) is 3.80. The highest BCUT2D eigenvalue weighted by atomic mass is 35.5. The molecule has 0 unspecified atom stereocenters. The van der Waals surface area contributed by atoms with Gasteiger partial charge in [-0.05, 0) is 24.3 Å². The number of benzene rings is 2. The first kappa shape index (κ1) is 15.8. The summed E-state index contributed by atoms with van der Waals surface area (Å²) in [6.45, 7) is 0.130. The maximum atomic E-state index is 8.82. The van der Waals surface area contributed by atoms with E-state index in [0.717, 1.165) is 0 Å². The fraction of sp³-hybridized carbons (Fsp3) is 0.0714. The average molecular weight is 346 g/mol. The van der Waals surface area contributed by atoms with E-state index in [-0.39, 0.29) is 12.4 Å². The molecule has 0 aliphatic heterocycles. The van der Waals surface area contributed by atoms with E-state index in [4.69, 9.17) is 50.5 Å². The van der Waals surface area contributed by atoms with Gasteiger partial charge in [-0.15, -0.1) is 0 Å². The number of halogens is 3. The quantitative estimate of drug-likeness (QED) is 0.375. The Morgan fingerprint density at radius 2 is 1.62 bits per heavy atom. The number of nitrogens with two attached hydrogens (primary N) is 1. The Hall–Kier alpha value is -1.62. The van der Waals surface area contributed by atoms with Gasteiger partial charge >= 0.3 is 0 Å². The zero-order valence-electron chi connectivity index (χ0n) is 10.7. The van der Waals surface area contributed by atoms with E-state index in [0.29, 0.717) is 31.9 Å². The molecule has 0 saturated heterocycles. The van der Waals surface area contributed by atoms with Crippen molar-refractivity contribution in [1.29, 1.82) is 0 Å². The Kier molecular flexibility index (Phi) is 5.17. The molecule has 3 N–H and O–H groups in total. The standard InChI is InChI=1S/C14H11Cl3N2O2/c15-9-3-1-4-10(16)8(9)7-21-12-6-2-5-11(17)13(12)14(18)19-20/h1-6,20H,7H2,(H2,18,19). The van der Waals surface area contributed by atoms with Gasteiger partial charge in [0.1, 0.15) is 12.4 Å². The highest BCUT2D eigenvalue weighted by Gasteiger charge is 2.14. The highest BCUT2D eigenvalue weighted by molar-refractivity contribution is 6.36. The highest BCUT2D eigenvalue weighted by Crippen LogP contribution is 2.29. The molecule has 0 bridgehead atoms. The van der Waals surface area contributed by atoms with Crippen LogP contribution >= 0.6 is 34.8 Å². The van der Waals surface area contributed by atoms with E-state index in [1.165, 1.54) is 0 Å². The summed E-state index contributed by atoms with van der Waals surface area (Å²) in [6.07, 6.45) is 0. The normalized spacial score (nSPS) is 11.5. The molecule has 110 valence electrons. The van der Waals surface area contributed by atoms with Crippen molar-refractivity contribution in [2.24, 2.45) is 10.9 Å². The lowest BCUT2D eigenvalue weighted by atomic mass is 10.2. The van der Waals surface area contributed by atoms with Gasteiger partial charge in [-0.3, -0.25) is 0 Å². The van der Waals surface area contributed by atoms with Crippen LogP contribution < -0.4 is 10.5 Å². The Balaban J connectivity index is 2.31. The van der Waals surface area contributed by atoms with Gasteiger partial charge in [0, 0.05) is 15.6 Å². The lowest BCUT2D eigenvalue weighted by Gasteiger charge is -2.13. The minimum atomic E-state index is -0.138. The van der Waals surface area contributed by atoms with Crippen LogP contribution in [-0.4, -0.2) is 11.0 Å². The molecule has 0 amide bonds. The van der Waals surface area contributed by atoms with Crippen molar-refractivity contribution in [2.75, 3.05) is 0 Å². The van der Waals surface area contributed by atoms with Crippen LogP contribution in [0.25, 0.3) is 0 Å². The van der Waals surface area contributed by atoms with Crippen molar-refractivity contribution in [1.82, 2.24) is 0 Å². The van der Waals surface area contributed by atoms with Crippen LogP contribution in [0.3, 0.4) is 0 Å². The van der Waals surface area contributed by atoms with Crippen LogP contribution in [0.2, 0.25) is 15.1 Å². The molecule has 7 heteroatoms. The summed E-state index contributed by atoms with van der Waals surface area (Å²) in [5, 5.41) is 13.1. The van der Waals surface area contributed by atoms with Gasteiger partial charge in [0.15, 0.2) is 5.84 Å². The van der Waals surface area contributed by atoms with Gasteiger partial charge < -0.3 is 15.7 Å².